The molecule has 0 aromatic heterocycles. The van der Waals surface area contributed by atoms with E-state index in [2.05, 4.69) is 0 Å². The summed E-state index contributed by atoms with van der Waals surface area (Å²) in [5.41, 5.74) is 0.743. The van der Waals surface area contributed by atoms with E-state index in [4.69, 9.17) is 4.74 Å². The summed E-state index contributed by atoms with van der Waals surface area (Å²) in [5.74, 6) is 0.898. The van der Waals surface area contributed by atoms with Gasteiger partial charge in [-0.1, -0.05) is 18.2 Å². The van der Waals surface area contributed by atoms with Gasteiger partial charge in [0.2, 0.25) is 0 Å². The van der Waals surface area contributed by atoms with E-state index >= 15 is 0 Å². The highest BCUT2D eigenvalue weighted by molar-refractivity contribution is 6.32. The molecule has 0 spiro atoms. The molecule has 0 radical (unpaired) electrons. The van der Waals surface area contributed by atoms with Gasteiger partial charge in [-0.05, 0) is 37.0 Å². The molecule has 0 saturated heterocycles. The minimum absolute atomic E-state index is 0.0230. The first kappa shape index (κ1) is 12.2. The Kier molecular flexibility index (Phi) is 2.59. The van der Waals surface area contributed by atoms with E-state index in [0.717, 1.165) is 17.7 Å². The first-order valence-corrected chi connectivity index (χ1v) is 6.51. The first-order chi connectivity index (χ1) is 9.07. The maximum atomic E-state index is 12.6. The number of carbonyl (C=O) groups excluding carboxylic acids is 2. The Labute approximate surface area is 112 Å². The zero-order valence-corrected chi connectivity index (χ0v) is 11.1. The van der Waals surface area contributed by atoms with Crippen molar-refractivity contribution >= 4 is 17.1 Å². The Hall–Kier alpha value is -1.90. The second-order valence-corrected chi connectivity index (χ2v) is 5.41. The molecule has 0 bridgehead atoms. The standard InChI is InChI=1S/C16H16O3/c1-16-11(5-8-14(16)17)9-13(15(16)18)10-3-6-12(19-2)7-4-10/h3-4,6-7,9,11H,5,8H2,1-2H3/t11-,16+/m0/s1. The Morgan fingerprint density at radius 2 is 1.89 bits per heavy atom. The molecule has 0 amide bonds. The van der Waals surface area contributed by atoms with Crippen LogP contribution < -0.4 is 4.74 Å². The zero-order chi connectivity index (χ0) is 13.6. The van der Waals surface area contributed by atoms with Crippen LogP contribution in [-0.4, -0.2) is 18.7 Å². The summed E-state index contributed by atoms with van der Waals surface area (Å²) >= 11 is 0. The fourth-order valence-electron chi connectivity index (χ4n) is 3.14. The van der Waals surface area contributed by atoms with Crippen molar-refractivity contribution in [3.8, 4) is 5.75 Å². The van der Waals surface area contributed by atoms with Gasteiger partial charge in [-0.25, -0.2) is 0 Å². The molecule has 1 aromatic carbocycles. The number of benzene rings is 1. The average molecular weight is 256 g/mol. The Balaban J connectivity index is 1.99. The third-order valence-electron chi connectivity index (χ3n) is 4.49. The van der Waals surface area contributed by atoms with Gasteiger partial charge in [0.05, 0.1) is 12.5 Å². The fourth-order valence-corrected chi connectivity index (χ4v) is 3.14. The summed E-state index contributed by atoms with van der Waals surface area (Å²) in [7, 11) is 1.61. The SMILES string of the molecule is COc1ccc(C2=C[C@@H]3CCC(=O)[C@]3(C)C2=O)cc1. The maximum absolute atomic E-state index is 12.6. The molecule has 0 unspecified atom stereocenters. The normalized spacial score (nSPS) is 29.4. The van der Waals surface area contributed by atoms with E-state index in [1.165, 1.54) is 0 Å². The van der Waals surface area contributed by atoms with Gasteiger partial charge in [0.15, 0.2) is 5.78 Å². The van der Waals surface area contributed by atoms with Crippen molar-refractivity contribution in [3.63, 3.8) is 0 Å². The van der Waals surface area contributed by atoms with E-state index in [0.29, 0.717) is 12.0 Å². The van der Waals surface area contributed by atoms with E-state index < -0.39 is 5.41 Å². The van der Waals surface area contributed by atoms with Gasteiger partial charge in [0, 0.05) is 12.0 Å². The summed E-state index contributed by atoms with van der Waals surface area (Å²) in [6.07, 6.45) is 3.30. The van der Waals surface area contributed by atoms with Gasteiger partial charge >= 0.3 is 0 Å². The van der Waals surface area contributed by atoms with Crippen LogP contribution in [0.5, 0.6) is 5.75 Å². The summed E-state index contributed by atoms with van der Waals surface area (Å²) in [6.45, 7) is 1.79. The zero-order valence-electron chi connectivity index (χ0n) is 11.1. The number of methoxy groups -OCH3 is 1. The number of Topliss-reactive ketones (excluding diaryl/α,β-unsaturated/α-hetero) is 2. The van der Waals surface area contributed by atoms with E-state index in [-0.39, 0.29) is 17.5 Å². The lowest BCUT2D eigenvalue weighted by Gasteiger charge is -2.20. The Morgan fingerprint density at radius 3 is 2.47 bits per heavy atom. The predicted octanol–water partition coefficient (Wildman–Crippen LogP) is 2.65. The molecule has 0 aliphatic heterocycles. The third kappa shape index (κ3) is 1.57. The maximum Gasteiger partial charge on any atom is 0.176 e. The number of ether oxygens (including phenoxy) is 1. The summed E-state index contributed by atoms with van der Waals surface area (Å²) < 4.78 is 5.11. The fraction of sp³-hybridized carbons (Fsp3) is 0.375. The predicted molar refractivity (Wildman–Crippen MR) is 71.8 cm³/mol. The quantitative estimate of drug-likeness (QED) is 0.764. The molecule has 0 heterocycles. The van der Waals surface area contributed by atoms with Crippen LogP contribution in [0.25, 0.3) is 5.57 Å². The number of hydrogen-bond acceptors (Lipinski definition) is 3. The molecule has 3 heteroatoms. The molecule has 0 N–H and O–H groups in total. The second-order valence-electron chi connectivity index (χ2n) is 5.41. The smallest absolute Gasteiger partial charge is 0.176 e. The minimum atomic E-state index is -0.810. The number of fused-ring (bicyclic) bond motifs is 1. The molecule has 1 aromatic rings. The van der Waals surface area contributed by atoms with E-state index in [1.54, 1.807) is 14.0 Å². The third-order valence-corrected chi connectivity index (χ3v) is 4.49. The van der Waals surface area contributed by atoms with Crippen molar-refractivity contribution < 1.29 is 14.3 Å². The molecule has 2 aliphatic rings. The highest BCUT2D eigenvalue weighted by Gasteiger charge is 2.55. The molecule has 19 heavy (non-hydrogen) atoms. The number of rotatable bonds is 2. The average Bonchev–Trinajstić information content (AvgIpc) is 2.86. The second kappa shape index (κ2) is 4.05. The minimum Gasteiger partial charge on any atom is -0.497 e. The van der Waals surface area contributed by atoms with Crippen LogP contribution in [-0.2, 0) is 9.59 Å². The van der Waals surface area contributed by atoms with E-state index in [1.807, 2.05) is 30.3 Å². The number of ketones is 2. The Morgan fingerprint density at radius 1 is 1.21 bits per heavy atom. The Bertz CT molecular complexity index is 583. The summed E-state index contributed by atoms with van der Waals surface area (Å²) in [5, 5.41) is 0. The van der Waals surface area contributed by atoms with Crippen molar-refractivity contribution in [1.82, 2.24) is 0 Å². The molecule has 98 valence electrons. The van der Waals surface area contributed by atoms with Crippen molar-refractivity contribution in [2.24, 2.45) is 11.3 Å². The molecular weight excluding hydrogens is 240 g/mol. The number of allylic oxidation sites excluding steroid dienone is 2. The van der Waals surface area contributed by atoms with Crippen LogP contribution in [0.2, 0.25) is 0 Å². The molecule has 2 aliphatic carbocycles. The van der Waals surface area contributed by atoms with Gasteiger partial charge < -0.3 is 4.74 Å². The highest BCUT2D eigenvalue weighted by atomic mass is 16.5. The van der Waals surface area contributed by atoms with Crippen molar-refractivity contribution in [2.45, 2.75) is 19.8 Å². The van der Waals surface area contributed by atoms with Crippen LogP contribution in [0.1, 0.15) is 25.3 Å². The van der Waals surface area contributed by atoms with Gasteiger partial charge in [-0.2, -0.15) is 0 Å². The topological polar surface area (TPSA) is 43.4 Å². The molecule has 2 atom stereocenters. The van der Waals surface area contributed by atoms with Crippen molar-refractivity contribution in [1.29, 1.82) is 0 Å². The number of hydrogen-bond donors (Lipinski definition) is 0. The van der Waals surface area contributed by atoms with Gasteiger partial charge in [0.1, 0.15) is 11.5 Å². The van der Waals surface area contributed by atoms with Crippen molar-refractivity contribution in [3.05, 3.63) is 35.9 Å². The number of carbonyl (C=O) groups is 2. The highest BCUT2D eigenvalue weighted by Crippen LogP contribution is 2.50. The molecule has 1 saturated carbocycles. The lowest BCUT2D eigenvalue weighted by molar-refractivity contribution is -0.134. The molecule has 3 rings (SSSR count). The molecule has 3 nitrogen and oxygen atoms in total. The largest absolute Gasteiger partial charge is 0.497 e. The summed E-state index contributed by atoms with van der Waals surface area (Å²) in [4.78, 5) is 24.5. The van der Waals surface area contributed by atoms with Gasteiger partial charge in [-0.3, -0.25) is 9.59 Å². The van der Waals surface area contributed by atoms with Crippen LogP contribution >= 0.6 is 0 Å². The first-order valence-electron chi connectivity index (χ1n) is 6.51. The van der Waals surface area contributed by atoms with Gasteiger partial charge in [-0.15, -0.1) is 0 Å². The van der Waals surface area contributed by atoms with Gasteiger partial charge in [0.25, 0.3) is 0 Å². The van der Waals surface area contributed by atoms with Crippen LogP contribution in [0.3, 0.4) is 0 Å². The van der Waals surface area contributed by atoms with Crippen molar-refractivity contribution in [2.75, 3.05) is 7.11 Å². The van der Waals surface area contributed by atoms with Crippen LogP contribution in [0.4, 0.5) is 0 Å². The van der Waals surface area contributed by atoms with E-state index in [9.17, 15) is 9.59 Å². The molecular formula is C16H16O3. The molecule has 1 fully saturated rings. The lowest BCUT2D eigenvalue weighted by atomic mass is 9.79. The monoisotopic (exact) mass is 256 g/mol. The summed E-state index contributed by atoms with van der Waals surface area (Å²) in [6, 6.07) is 7.41. The lowest BCUT2D eigenvalue weighted by Crippen LogP contribution is -2.33. The van der Waals surface area contributed by atoms with Crippen LogP contribution in [0.15, 0.2) is 30.3 Å². The van der Waals surface area contributed by atoms with Crippen LogP contribution in [0, 0.1) is 11.3 Å².